The van der Waals surface area contributed by atoms with Crippen molar-refractivity contribution in [3.8, 4) is 22.3 Å². The van der Waals surface area contributed by atoms with Crippen molar-refractivity contribution >= 4 is 34.8 Å². The van der Waals surface area contributed by atoms with Gasteiger partial charge in [-0.1, -0.05) is 59.9 Å². The summed E-state index contributed by atoms with van der Waals surface area (Å²) in [6.45, 7) is 0.332. The highest BCUT2D eigenvalue weighted by atomic mass is 32.1. The van der Waals surface area contributed by atoms with Crippen LogP contribution >= 0.6 is 11.3 Å². The highest BCUT2D eigenvalue weighted by molar-refractivity contribution is 7.12. The van der Waals surface area contributed by atoms with Crippen LogP contribution in [0.2, 0.25) is 0 Å². The van der Waals surface area contributed by atoms with Gasteiger partial charge in [-0.15, -0.1) is 0 Å². The maximum Gasteiger partial charge on any atom is 0.299 e. The largest absolute Gasteiger partial charge is 0.409 e. The molecular weight excluding hydrogens is 362 g/mol. The number of carbonyl (C=O) groups excluding carboxylic acids is 1. The highest BCUT2D eigenvalue weighted by Gasteiger charge is 2.16. The van der Waals surface area contributed by atoms with Crippen molar-refractivity contribution in [1.82, 2.24) is 14.8 Å². The number of nitrogens with zero attached hydrogens (tertiary/aromatic N) is 3. The Balaban J connectivity index is 1.92. The van der Waals surface area contributed by atoms with Gasteiger partial charge in [0.25, 0.3) is 6.47 Å². The number of ether oxygens (including phenoxy) is 1. The Labute approximate surface area is 159 Å². The predicted octanol–water partition coefficient (Wildman–Crippen LogP) is 3.69. The molecule has 2 aromatic carbocycles. The van der Waals surface area contributed by atoms with Gasteiger partial charge in [0.05, 0.1) is 17.5 Å². The molecule has 2 aromatic heterocycles. The predicted molar refractivity (Wildman–Crippen MR) is 105 cm³/mol. The molecule has 0 aliphatic heterocycles. The van der Waals surface area contributed by atoms with Gasteiger partial charge in [-0.25, -0.2) is 4.68 Å². The molecule has 0 saturated carbocycles. The molecule has 0 spiro atoms. The van der Waals surface area contributed by atoms with E-state index in [-0.39, 0.29) is 12.5 Å². The van der Waals surface area contributed by atoms with Crippen molar-refractivity contribution in [2.45, 2.75) is 0 Å². The van der Waals surface area contributed by atoms with Gasteiger partial charge in [-0.2, -0.15) is 10.1 Å². The molecule has 0 saturated heterocycles. The number of aliphatic hydroxyl groups excluding tert-OH is 1. The van der Waals surface area contributed by atoms with E-state index in [1.54, 1.807) is 16.1 Å². The molecule has 4 rings (SSSR count). The van der Waals surface area contributed by atoms with Crippen LogP contribution in [0.3, 0.4) is 0 Å². The summed E-state index contributed by atoms with van der Waals surface area (Å²) in [5.74, 6) is 0.242. The first kappa shape index (κ1) is 17.1. The van der Waals surface area contributed by atoms with Crippen molar-refractivity contribution in [1.29, 1.82) is 0 Å². The number of thiazole rings is 1. The molecule has 134 valence electrons. The molecule has 4 aromatic rings. The molecule has 0 radical (unpaired) electrons. The van der Waals surface area contributed by atoms with Crippen molar-refractivity contribution in [3.63, 3.8) is 0 Å². The number of fused-ring (bicyclic) bond motifs is 1. The van der Waals surface area contributed by atoms with Crippen LogP contribution in [0, 0.1) is 0 Å². The summed E-state index contributed by atoms with van der Waals surface area (Å²) in [5, 5.41) is 17.0. The summed E-state index contributed by atoms with van der Waals surface area (Å²) < 4.78 is 6.57. The van der Waals surface area contributed by atoms with Gasteiger partial charge >= 0.3 is 0 Å². The zero-order chi connectivity index (χ0) is 18.6. The number of benzene rings is 2. The van der Waals surface area contributed by atoms with Gasteiger partial charge in [0.1, 0.15) is 5.69 Å². The van der Waals surface area contributed by atoms with Gasteiger partial charge in [-0.05, 0) is 17.7 Å². The van der Waals surface area contributed by atoms with Crippen molar-refractivity contribution < 1.29 is 14.6 Å². The third-order valence-corrected chi connectivity index (χ3v) is 4.78. The molecule has 6 nitrogen and oxygen atoms in total. The summed E-state index contributed by atoms with van der Waals surface area (Å²) in [6.07, 6.45) is 3.53. The van der Waals surface area contributed by atoms with Crippen LogP contribution in [0.1, 0.15) is 5.56 Å². The van der Waals surface area contributed by atoms with Crippen LogP contribution in [0.15, 0.2) is 60.0 Å². The first-order valence-corrected chi connectivity index (χ1v) is 9.10. The summed E-state index contributed by atoms with van der Waals surface area (Å²) >= 11 is 1.34. The van der Waals surface area contributed by atoms with Crippen LogP contribution in [0.4, 0.5) is 0 Å². The van der Waals surface area contributed by atoms with Crippen molar-refractivity contribution in [2.24, 2.45) is 0 Å². The SMILES string of the molecule is O=COc1csc(-n2nc(-c3ccccc3)c3ccc(/C=C/CO)cc32)n1. The number of aliphatic hydroxyl groups is 1. The zero-order valence-corrected chi connectivity index (χ0v) is 15.0. The molecule has 7 heteroatoms. The molecule has 1 N–H and O–H groups in total. The second kappa shape index (κ2) is 7.53. The lowest BCUT2D eigenvalue weighted by Crippen LogP contribution is -1.97. The summed E-state index contributed by atoms with van der Waals surface area (Å²) in [7, 11) is 0. The average molecular weight is 377 g/mol. The Kier molecular flexibility index (Phi) is 4.78. The fraction of sp³-hybridized carbons (Fsp3) is 0.0500. The topological polar surface area (TPSA) is 77.2 Å². The van der Waals surface area contributed by atoms with E-state index in [1.165, 1.54) is 11.3 Å². The number of aromatic nitrogens is 3. The first-order chi connectivity index (χ1) is 13.3. The van der Waals surface area contributed by atoms with E-state index in [4.69, 9.17) is 14.9 Å². The fourth-order valence-electron chi connectivity index (χ4n) is 2.83. The van der Waals surface area contributed by atoms with Gasteiger partial charge in [0.2, 0.25) is 11.0 Å². The van der Waals surface area contributed by atoms with E-state index in [9.17, 15) is 4.79 Å². The molecule has 2 heterocycles. The fourth-order valence-corrected chi connectivity index (χ4v) is 3.53. The summed E-state index contributed by atoms with van der Waals surface area (Å²) in [4.78, 5) is 14.9. The molecule has 0 amide bonds. The molecule has 27 heavy (non-hydrogen) atoms. The van der Waals surface area contributed by atoms with E-state index in [0.717, 1.165) is 27.7 Å². The molecule has 0 atom stereocenters. The quantitative estimate of drug-likeness (QED) is 0.519. The molecule has 0 aliphatic carbocycles. The van der Waals surface area contributed by atoms with Gasteiger partial charge in [-0.3, -0.25) is 4.79 Å². The Morgan fingerprint density at radius 1 is 1.19 bits per heavy atom. The van der Waals surface area contributed by atoms with Crippen LogP contribution < -0.4 is 4.74 Å². The first-order valence-electron chi connectivity index (χ1n) is 8.22. The number of hydrogen-bond acceptors (Lipinski definition) is 6. The third kappa shape index (κ3) is 3.38. The number of rotatable bonds is 6. The lowest BCUT2D eigenvalue weighted by atomic mass is 10.1. The standard InChI is InChI=1S/C20H15N3O3S/c24-10-4-5-14-8-9-16-17(11-14)23(20-21-18(12-27-20)26-13-25)22-19(16)15-6-2-1-3-7-15/h1-9,11-13,24H,10H2/b5-4+. The Bertz CT molecular complexity index is 1120. The minimum atomic E-state index is -0.0224. The van der Waals surface area contributed by atoms with E-state index in [1.807, 2.05) is 54.6 Å². The van der Waals surface area contributed by atoms with Crippen LogP contribution in [0.25, 0.3) is 33.4 Å². The van der Waals surface area contributed by atoms with Crippen LogP contribution in [-0.2, 0) is 4.79 Å². The highest BCUT2D eigenvalue weighted by Crippen LogP contribution is 2.32. The maximum absolute atomic E-state index is 10.6. The van der Waals surface area contributed by atoms with E-state index < -0.39 is 0 Å². The smallest absolute Gasteiger partial charge is 0.299 e. The average Bonchev–Trinajstić information content (AvgIpc) is 3.31. The van der Waals surface area contributed by atoms with E-state index in [0.29, 0.717) is 11.6 Å². The molecule has 0 aliphatic rings. The lowest BCUT2D eigenvalue weighted by Gasteiger charge is -2.00. The lowest BCUT2D eigenvalue weighted by molar-refractivity contribution is -0.120. The van der Waals surface area contributed by atoms with Gasteiger partial charge < -0.3 is 9.84 Å². The minimum absolute atomic E-state index is 0.0224. The Morgan fingerprint density at radius 3 is 2.81 bits per heavy atom. The van der Waals surface area contributed by atoms with Crippen molar-refractivity contribution in [3.05, 3.63) is 65.6 Å². The molecule has 0 fully saturated rings. The maximum atomic E-state index is 10.6. The zero-order valence-electron chi connectivity index (χ0n) is 14.1. The minimum Gasteiger partial charge on any atom is -0.409 e. The van der Waals surface area contributed by atoms with Crippen molar-refractivity contribution in [2.75, 3.05) is 6.61 Å². The molecule has 0 unspecified atom stereocenters. The van der Waals surface area contributed by atoms with Gasteiger partial charge in [0, 0.05) is 10.9 Å². The van der Waals surface area contributed by atoms with Crippen LogP contribution in [0.5, 0.6) is 5.88 Å². The second-order valence-corrected chi connectivity index (χ2v) is 6.51. The second-order valence-electron chi connectivity index (χ2n) is 5.67. The monoisotopic (exact) mass is 377 g/mol. The number of hydrogen-bond donors (Lipinski definition) is 1. The van der Waals surface area contributed by atoms with E-state index >= 15 is 0 Å². The summed E-state index contributed by atoms with van der Waals surface area (Å²) in [6, 6.07) is 15.9. The molecule has 0 bridgehead atoms. The normalized spacial score (nSPS) is 11.3. The summed E-state index contributed by atoms with van der Waals surface area (Å²) in [5.41, 5.74) is 3.66. The molecular formula is C20H15N3O3S. The third-order valence-electron chi connectivity index (χ3n) is 3.99. The Morgan fingerprint density at radius 2 is 2.04 bits per heavy atom. The Hall–Kier alpha value is -3.29. The van der Waals surface area contributed by atoms with Crippen LogP contribution in [-0.4, -0.2) is 33.0 Å². The van der Waals surface area contributed by atoms with E-state index in [2.05, 4.69) is 4.98 Å². The van der Waals surface area contributed by atoms with Gasteiger partial charge in [0.15, 0.2) is 0 Å². The number of carbonyl (C=O) groups is 1.